The van der Waals surface area contributed by atoms with Crippen molar-refractivity contribution in [2.45, 2.75) is 57.1 Å². The molecule has 2 atom stereocenters. The molecule has 0 radical (unpaired) electrons. The highest BCUT2D eigenvalue weighted by Gasteiger charge is 2.31. The molecular formula is C26H32N2O6. The smallest absolute Gasteiger partial charge is 0.407 e. The number of aliphatic carboxylic acids is 1. The van der Waals surface area contributed by atoms with Crippen molar-refractivity contribution in [1.82, 2.24) is 10.6 Å². The molecule has 3 rings (SSSR count). The van der Waals surface area contributed by atoms with Crippen molar-refractivity contribution in [3.63, 3.8) is 0 Å². The molecule has 0 aromatic heterocycles. The second kappa shape index (κ2) is 11.2. The summed E-state index contributed by atoms with van der Waals surface area (Å²) in [6.45, 7) is 2.87. The second-order valence-electron chi connectivity index (χ2n) is 8.87. The number of amides is 2. The Hall–Kier alpha value is -3.39. The number of aliphatic hydroxyl groups is 1. The van der Waals surface area contributed by atoms with E-state index in [2.05, 4.69) is 22.8 Å². The standard InChI is InChI=1S/C26H32N2O6/c1-3-4-9-17(14-23(29)27-16-26(2,33)24(30)31)28-25(32)34-15-22-20-12-7-5-10-18(20)19-11-6-8-13-21(19)22/h5-8,10-13,17,22,33H,3-4,9,14-16H2,1-2H3,(H,27,29)(H,28,32)(H,30,31)/t17-,26?/m1/s1. The fourth-order valence-electron chi connectivity index (χ4n) is 4.12. The Kier molecular flexibility index (Phi) is 8.28. The highest BCUT2D eigenvalue weighted by molar-refractivity contribution is 5.81. The van der Waals surface area contributed by atoms with Crippen LogP contribution in [0.1, 0.15) is 56.6 Å². The quantitative estimate of drug-likeness (QED) is 0.400. The molecule has 8 nitrogen and oxygen atoms in total. The average molecular weight is 469 g/mol. The van der Waals surface area contributed by atoms with E-state index in [4.69, 9.17) is 9.84 Å². The Morgan fingerprint density at radius 2 is 1.65 bits per heavy atom. The van der Waals surface area contributed by atoms with Crippen LogP contribution in [0.25, 0.3) is 11.1 Å². The summed E-state index contributed by atoms with van der Waals surface area (Å²) >= 11 is 0. The molecule has 0 aliphatic heterocycles. The minimum atomic E-state index is -2.06. The molecule has 4 N–H and O–H groups in total. The summed E-state index contributed by atoms with van der Waals surface area (Å²) < 4.78 is 5.58. The summed E-state index contributed by atoms with van der Waals surface area (Å²) in [6, 6.07) is 15.7. The molecule has 0 spiro atoms. The number of ether oxygens (including phenoxy) is 1. The van der Waals surface area contributed by atoms with Gasteiger partial charge in [0, 0.05) is 18.4 Å². The molecule has 0 bridgehead atoms. The van der Waals surface area contributed by atoms with Crippen molar-refractivity contribution in [2.75, 3.05) is 13.2 Å². The fourth-order valence-corrected chi connectivity index (χ4v) is 4.12. The molecule has 34 heavy (non-hydrogen) atoms. The molecule has 2 aromatic rings. The predicted molar refractivity (Wildman–Crippen MR) is 127 cm³/mol. The highest BCUT2D eigenvalue weighted by Crippen LogP contribution is 2.44. The number of fused-ring (bicyclic) bond motifs is 3. The van der Waals surface area contributed by atoms with Crippen molar-refractivity contribution in [3.05, 3.63) is 59.7 Å². The van der Waals surface area contributed by atoms with Gasteiger partial charge in [-0.2, -0.15) is 0 Å². The van der Waals surface area contributed by atoms with Crippen LogP contribution in [-0.2, 0) is 14.3 Å². The lowest BCUT2D eigenvalue weighted by molar-refractivity contribution is -0.156. The van der Waals surface area contributed by atoms with E-state index in [1.807, 2.05) is 43.3 Å². The Bertz CT molecular complexity index is 990. The largest absolute Gasteiger partial charge is 0.479 e. The van der Waals surface area contributed by atoms with E-state index in [0.717, 1.165) is 42.0 Å². The molecule has 1 aliphatic rings. The van der Waals surface area contributed by atoms with Gasteiger partial charge in [0.2, 0.25) is 5.91 Å². The number of alkyl carbamates (subject to hydrolysis) is 1. The van der Waals surface area contributed by atoms with E-state index in [1.165, 1.54) is 0 Å². The maximum absolute atomic E-state index is 12.6. The lowest BCUT2D eigenvalue weighted by Crippen LogP contribution is -2.48. The topological polar surface area (TPSA) is 125 Å². The first-order chi connectivity index (χ1) is 16.2. The summed E-state index contributed by atoms with van der Waals surface area (Å²) in [4.78, 5) is 35.9. The number of carbonyl (C=O) groups is 3. The van der Waals surface area contributed by atoms with Gasteiger partial charge in [0.1, 0.15) is 6.61 Å². The van der Waals surface area contributed by atoms with Crippen molar-refractivity contribution in [3.8, 4) is 11.1 Å². The Morgan fingerprint density at radius 1 is 1.06 bits per heavy atom. The van der Waals surface area contributed by atoms with Gasteiger partial charge in [-0.1, -0.05) is 68.3 Å². The molecule has 0 fully saturated rings. The molecule has 182 valence electrons. The first kappa shape index (κ1) is 25.2. The number of hydrogen-bond acceptors (Lipinski definition) is 5. The molecule has 0 saturated heterocycles. The number of carboxylic acids is 1. The van der Waals surface area contributed by atoms with E-state index >= 15 is 0 Å². The van der Waals surface area contributed by atoms with E-state index in [1.54, 1.807) is 0 Å². The minimum absolute atomic E-state index is 0.0418. The van der Waals surface area contributed by atoms with E-state index < -0.39 is 36.2 Å². The highest BCUT2D eigenvalue weighted by atomic mass is 16.5. The summed E-state index contributed by atoms with van der Waals surface area (Å²) in [7, 11) is 0. The second-order valence-corrected chi connectivity index (χ2v) is 8.87. The van der Waals surface area contributed by atoms with Gasteiger partial charge in [0.05, 0.1) is 6.54 Å². The number of hydrogen-bond donors (Lipinski definition) is 4. The Morgan fingerprint density at radius 3 is 2.21 bits per heavy atom. The summed E-state index contributed by atoms with van der Waals surface area (Å²) in [5.41, 5.74) is 2.45. The van der Waals surface area contributed by atoms with Gasteiger partial charge in [-0.15, -0.1) is 0 Å². The maximum Gasteiger partial charge on any atom is 0.407 e. The van der Waals surface area contributed by atoms with Gasteiger partial charge >= 0.3 is 12.1 Å². The van der Waals surface area contributed by atoms with Gasteiger partial charge in [-0.3, -0.25) is 4.79 Å². The van der Waals surface area contributed by atoms with E-state index in [0.29, 0.717) is 6.42 Å². The summed E-state index contributed by atoms with van der Waals surface area (Å²) in [5.74, 6) is -1.94. The van der Waals surface area contributed by atoms with Crippen molar-refractivity contribution < 1.29 is 29.3 Å². The SMILES string of the molecule is CCCC[C@H](CC(=O)NCC(C)(O)C(=O)O)NC(=O)OCC1c2ccccc2-c2ccccc21. The number of nitrogens with one attached hydrogen (secondary N) is 2. The average Bonchev–Trinajstić information content (AvgIpc) is 3.13. The normalized spacial score (nSPS) is 14.9. The molecule has 0 heterocycles. The minimum Gasteiger partial charge on any atom is -0.479 e. The zero-order valence-corrected chi connectivity index (χ0v) is 19.5. The molecular weight excluding hydrogens is 436 g/mol. The van der Waals surface area contributed by atoms with E-state index in [9.17, 15) is 19.5 Å². The lowest BCUT2D eigenvalue weighted by Gasteiger charge is -2.21. The predicted octanol–water partition coefficient (Wildman–Crippen LogP) is 3.43. The molecule has 1 unspecified atom stereocenters. The zero-order chi connectivity index (χ0) is 24.7. The lowest BCUT2D eigenvalue weighted by atomic mass is 9.98. The van der Waals surface area contributed by atoms with Gasteiger partial charge < -0.3 is 25.6 Å². The van der Waals surface area contributed by atoms with Gasteiger partial charge in [-0.25, -0.2) is 9.59 Å². The number of carbonyl (C=O) groups excluding carboxylic acids is 2. The number of rotatable bonds is 11. The van der Waals surface area contributed by atoms with Crippen LogP contribution < -0.4 is 10.6 Å². The Labute approximate surface area is 199 Å². The molecule has 0 saturated carbocycles. The van der Waals surface area contributed by atoms with Gasteiger partial charge in [-0.05, 0) is 35.6 Å². The fraction of sp³-hybridized carbons (Fsp3) is 0.423. The third-order valence-corrected chi connectivity index (χ3v) is 6.09. The maximum atomic E-state index is 12.6. The monoisotopic (exact) mass is 468 g/mol. The third kappa shape index (κ3) is 6.14. The van der Waals surface area contributed by atoms with Crippen LogP contribution in [0.2, 0.25) is 0 Å². The number of carboxylic acid groups (broad SMARTS) is 1. The van der Waals surface area contributed by atoms with Crippen LogP contribution in [0, 0.1) is 0 Å². The Balaban J connectivity index is 1.58. The molecule has 2 amide bonds. The van der Waals surface area contributed by atoms with Crippen molar-refractivity contribution in [2.24, 2.45) is 0 Å². The zero-order valence-electron chi connectivity index (χ0n) is 19.5. The van der Waals surface area contributed by atoms with Crippen LogP contribution in [0.5, 0.6) is 0 Å². The van der Waals surface area contributed by atoms with Crippen LogP contribution >= 0.6 is 0 Å². The van der Waals surface area contributed by atoms with Crippen LogP contribution in [0.15, 0.2) is 48.5 Å². The number of unbranched alkanes of at least 4 members (excludes halogenated alkanes) is 1. The van der Waals surface area contributed by atoms with E-state index in [-0.39, 0.29) is 18.9 Å². The van der Waals surface area contributed by atoms with Crippen LogP contribution in [0.3, 0.4) is 0 Å². The number of benzene rings is 2. The summed E-state index contributed by atoms with van der Waals surface area (Å²) in [6.07, 6.45) is 1.61. The molecule has 1 aliphatic carbocycles. The summed E-state index contributed by atoms with van der Waals surface area (Å²) in [5, 5.41) is 23.9. The van der Waals surface area contributed by atoms with Crippen LogP contribution in [0.4, 0.5) is 4.79 Å². The molecule has 2 aromatic carbocycles. The third-order valence-electron chi connectivity index (χ3n) is 6.09. The first-order valence-corrected chi connectivity index (χ1v) is 11.6. The van der Waals surface area contributed by atoms with Gasteiger partial charge in [0.25, 0.3) is 0 Å². The first-order valence-electron chi connectivity index (χ1n) is 11.6. The molecule has 8 heteroatoms. The van der Waals surface area contributed by atoms with Gasteiger partial charge in [0.15, 0.2) is 5.60 Å². The van der Waals surface area contributed by atoms with Crippen molar-refractivity contribution in [1.29, 1.82) is 0 Å². The van der Waals surface area contributed by atoms with Crippen LogP contribution in [-0.4, -0.2) is 53.0 Å². The van der Waals surface area contributed by atoms with Crippen molar-refractivity contribution >= 4 is 18.0 Å².